The van der Waals surface area contributed by atoms with Gasteiger partial charge < -0.3 is 5.32 Å². The number of carbonyl (C=O) groups excluding carboxylic acids is 1. The van der Waals surface area contributed by atoms with E-state index in [9.17, 15) is 4.79 Å². The molecule has 23 heavy (non-hydrogen) atoms. The van der Waals surface area contributed by atoms with Crippen molar-refractivity contribution >= 4 is 28.6 Å². The number of pyridine rings is 1. The number of nitrogens with zero attached hydrogens (tertiary/aromatic N) is 1. The third-order valence-corrected chi connectivity index (χ3v) is 4.82. The number of rotatable bonds is 4. The van der Waals surface area contributed by atoms with Gasteiger partial charge in [0, 0.05) is 10.9 Å². The van der Waals surface area contributed by atoms with Gasteiger partial charge in [0.25, 0.3) is 0 Å². The number of hydrogen-bond donors (Lipinski definition) is 1. The Kier molecular flexibility index (Phi) is 5.35. The van der Waals surface area contributed by atoms with Gasteiger partial charge in [-0.25, -0.2) is 4.98 Å². The SMILES string of the molecule is CCc1cc2ccc(C)c(C)c2nc1SCC(=O)NC(C)(C)C. The molecule has 1 heterocycles. The van der Waals surface area contributed by atoms with E-state index in [1.807, 2.05) is 20.8 Å². The molecule has 0 spiro atoms. The Morgan fingerprint density at radius 2 is 1.96 bits per heavy atom. The molecule has 1 amide bonds. The van der Waals surface area contributed by atoms with Crippen LogP contribution in [0.15, 0.2) is 23.2 Å². The molecule has 3 nitrogen and oxygen atoms in total. The van der Waals surface area contributed by atoms with E-state index in [0.717, 1.165) is 17.0 Å². The summed E-state index contributed by atoms with van der Waals surface area (Å²) < 4.78 is 0. The van der Waals surface area contributed by atoms with Crippen molar-refractivity contribution in [2.24, 2.45) is 0 Å². The van der Waals surface area contributed by atoms with Crippen molar-refractivity contribution in [1.29, 1.82) is 0 Å². The zero-order chi connectivity index (χ0) is 17.2. The van der Waals surface area contributed by atoms with E-state index in [0.29, 0.717) is 5.75 Å². The largest absolute Gasteiger partial charge is 0.351 e. The Hall–Kier alpha value is -1.55. The minimum absolute atomic E-state index is 0.0485. The number of amides is 1. The van der Waals surface area contributed by atoms with E-state index < -0.39 is 0 Å². The summed E-state index contributed by atoms with van der Waals surface area (Å²) in [4.78, 5) is 16.9. The molecule has 1 aromatic heterocycles. The standard InChI is InChI=1S/C19H26N2OS/c1-7-14-10-15-9-8-12(2)13(3)17(15)20-18(14)23-11-16(22)21-19(4,5)6/h8-10H,7,11H2,1-6H3,(H,21,22). The van der Waals surface area contributed by atoms with Crippen LogP contribution in [0.2, 0.25) is 0 Å². The Balaban J connectivity index is 2.28. The molecular weight excluding hydrogens is 304 g/mol. The molecule has 0 aliphatic rings. The maximum atomic E-state index is 12.1. The van der Waals surface area contributed by atoms with Crippen LogP contribution in [0.1, 0.15) is 44.4 Å². The molecular formula is C19H26N2OS. The van der Waals surface area contributed by atoms with Crippen LogP contribution in [0.5, 0.6) is 0 Å². The van der Waals surface area contributed by atoms with E-state index in [1.165, 1.54) is 33.8 Å². The second-order valence-corrected chi connectivity index (χ2v) is 7.94. The number of hydrogen-bond acceptors (Lipinski definition) is 3. The number of benzene rings is 1. The summed E-state index contributed by atoms with van der Waals surface area (Å²) in [6.07, 6.45) is 0.916. The smallest absolute Gasteiger partial charge is 0.230 e. The first kappa shape index (κ1) is 17.8. The van der Waals surface area contributed by atoms with Crippen molar-refractivity contribution in [2.75, 3.05) is 5.75 Å². The first-order valence-corrected chi connectivity index (χ1v) is 9.03. The van der Waals surface area contributed by atoms with Crippen LogP contribution < -0.4 is 5.32 Å². The van der Waals surface area contributed by atoms with E-state index in [-0.39, 0.29) is 11.4 Å². The van der Waals surface area contributed by atoms with Crippen molar-refractivity contribution in [3.8, 4) is 0 Å². The van der Waals surface area contributed by atoms with E-state index in [2.05, 4.69) is 44.3 Å². The Labute approximate surface area is 143 Å². The van der Waals surface area contributed by atoms with Gasteiger partial charge in [-0.15, -0.1) is 0 Å². The molecule has 1 aromatic carbocycles. The third-order valence-electron chi connectivity index (χ3n) is 3.79. The minimum Gasteiger partial charge on any atom is -0.351 e. The van der Waals surface area contributed by atoms with Gasteiger partial charge in [-0.1, -0.05) is 30.8 Å². The van der Waals surface area contributed by atoms with Crippen molar-refractivity contribution < 1.29 is 4.79 Å². The zero-order valence-electron chi connectivity index (χ0n) is 14.9. The van der Waals surface area contributed by atoms with Crippen LogP contribution in [-0.2, 0) is 11.2 Å². The lowest BCUT2D eigenvalue weighted by molar-refractivity contribution is -0.119. The fourth-order valence-corrected chi connectivity index (χ4v) is 3.36. The molecule has 0 aliphatic heterocycles. The van der Waals surface area contributed by atoms with Gasteiger partial charge in [-0.2, -0.15) is 0 Å². The molecule has 0 bridgehead atoms. The molecule has 0 radical (unpaired) electrons. The van der Waals surface area contributed by atoms with Crippen LogP contribution in [0.25, 0.3) is 10.9 Å². The molecule has 0 aliphatic carbocycles. The summed E-state index contributed by atoms with van der Waals surface area (Å²) in [5.74, 6) is 0.445. The van der Waals surface area contributed by atoms with Crippen molar-refractivity contribution in [3.63, 3.8) is 0 Å². The molecule has 0 atom stereocenters. The maximum Gasteiger partial charge on any atom is 0.230 e. The summed E-state index contributed by atoms with van der Waals surface area (Å²) in [7, 11) is 0. The topological polar surface area (TPSA) is 42.0 Å². The molecule has 0 saturated heterocycles. The summed E-state index contributed by atoms with van der Waals surface area (Å²) in [5, 5.41) is 5.14. The molecule has 0 saturated carbocycles. The Morgan fingerprint density at radius 1 is 1.26 bits per heavy atom. The number of thioether (sulfide) groups is 1. The number of aromatic nitrogens is 1. The second-order valence-electron chi connectivity index (χ2n) is 6.97. The second kappa shape index (κ2) is 6.91. The fourth-order valence-electron chi connectivity index (χ4n) is 2.48. The lowest BCUT2D eigenvalue weighted by Crippen LogP contribution is -2.41. The van der Waals surface area contributed by atoms with Gasteiger partial charge in [0.05, 0.1) is 11.3 Å². The average molecular weight is 330 g/mol. The summed E-state index contributed by atoms with van der Waals surface area (Å²) in [6.45, 7) is 12.3. The summed E-state index contributed by atoms with van der Waals surface area (Å²) in [6, 6.07) is 6.48. The predicted octanol–water partition coefficient (Wildman–Crippen LogP) is 4.42. The van der Waals surface area contributed by atoms with Gasteiger partial charge in [0.2, 0.25) is 5.91 Å². The summed E-state index contributed by atoms with van der Waals surface area (Å²) >= 11 is 1.53. The van der Waals surface area contributed by atoms with E-state index in [4.69, 9.17) is 4.98 Å². The average Bonchev–Trinajstić information content (AvgIpc) is 2.46. The molecule has 0 fully saturated rings. The van der Waals surface area contributed by atoms with E-state index >= 15 is 0 Å². The van der Waals surface area contributed by atoms with Crippen molar-refractivity contribution in [3.05, 3.63) is 34.9 Å². The van der Waals surface area contributed by atoms with Crippen LogP contribution in [0, 0.1) is 13.8 Å². The van der Waals surface area contributed by atoms with Gasteiger partial charge in [0.1, 0.15) is 5.03 Å². The van der Waals surface area contributed by atoms with Crippen molar-refractivity contribution in [2.45, 2.75) is 58.5 Å². The third kappa shape index (κ3) is 4.47. The Bertz CT molecular complexity index is 732. The Morgan fingerprint density at radius 3 is 2.57 bits per heavy atom. The highest BCUT2D eigenvalue weighted by Crippen LogP contribution is 2.28. The first-order valence-electron chi connectivity index (χ1n) is 8.05. The molecule has 0 unspecified atom stereocenters. The molecule has 2 rings (SSSR count). The van der Waals surface area contributed by atoms with Gasteiger partial charge in [-0.05, 0) is 63.8 Å². The molecule has 2 aromatic rings. The minimum atomic E-state index is -0.199. The normalized spacial score (nSPS) is 11.7. The highest BCUT2D eigenvalue weighted by molar-refractivity contribution is 7.99. The van der Waals surface area contributed by atoms with Crippen LogP contribution >= 0.6 is 11.8 Å². The van der Waals surface area contributed by atoms with Crippen molar-refractivity contribution in [1.82, 2.24) is 10.3 Å². The lowest BCUT2D eigenvalue weighted by atomic mass is 10.0. The number of carbonyl (C=O) groups is 1. The zero-order valence-corrected chi connectivity index (χ0v) is 15.7. The van der Waals surface area contributed by atoms with Crippen LogP contribution in [0.4, 0.5) is 0 Å². The number of aryl methyl sites for hydroxylation is 3. The maximum absolute atomic E-state index is 12.1. The van der Waals surface area contributed by atoms with Gasteiger partial charge >= 0.3 is 0 Å². The fraction of sp³-hybridized carbons (Fsp3) is 0.474. The molecule has 124 valence electrons. The highest BCUT2D eigenvalue weighted by Gasteiger charge is 2.15. The number of nitrogens with one attached hydrogen (secondary N) is 1. The number of fused-ring (bicyclic) bond motifs is 1. The lowest BCUT2D eigenvalue weighted by Gasteiger charge is -2.20. The quantitative estimate of drug-likeness (QED) is 0.844. The molecule has 1 N–H and O–H groups in total. The van der Waals surface area contributed by atoms with Crippen LogP contribution in [-0.4, -0.2) is 22.2 Å². The van der Waals surface area contributed by atoms with Gasteiger partial charge in [0.15, 0.2) is 0 Å². The summed E-state index contributed by atoms with van der Waals surface area (Å²) in [5.41, 5.74) is 4.51. The molecule has 4 heteroatoms. The highest BCUT2D eigenvalue weighted by atomic mass is 32.2. The predicted molar refractivity (Wildman–Crippen MR) is 99.2 cm³/mol. The monoisotopic (exact) mass is 330 g/mol. The van der Waals surface area contributed by atoms with Crippen LogP contribution in [0.3, 0.4) is 0 Å². The van der Waals surface area contributed by atoms with E-state index in [1.54, 1.807) is 0 Å². The van der Waals surface area contributed by atoms with Gasteiger partial charge in [-0.3, -0.25) is 4.79 Å². The first-order chi connectivity index (χ1) is 10.7.